The van der Waals surface area contributed by atoms with Crippen LogP contribution < -0.4 is 5.32 Å². The van der Waals surface area contributed by atoms with Gasteiger partial charge in [-0.25, -0.2) is 0 Å². The van der Waals surface area contributed by atoms with Crippen LogP contribution in [0.2, 0.25) is 0 Å². The highest BCUT2D eigenvalue weighted by atomic mass is 32.1. The molecule has 0 fully saturated rings. The lowest BCUT2D eigenvalue weighted by atomic mass is 10.0. The van der Waals surface area contributed by atoms with Gasteiger partial charge in [0.2, 0.25) is 0 Å². The summed E-state index contributed by atoms with van der Waals surface area (Å²) in [5, 5.41) is 6.85. The second kappa shape index (κ2) is 4.83. The molecule has 0 spiro atoms. The van der Waals surface area contributed by atoms with Crippen molar-refractivity contribution in [2.45, 2.75) is 6.42 Å². The number of hydrogen-bond acceptors (Lipinski definition) is 2. The third-order valence-corrected chi connectivity index (χ3v) is 4.18. The molecule has 0 aliphatic rings. The topological polar surface area (TPSA) is 12.0 Å². The van der Waals surface area contributed by atoms with Crippen molar-refractivity contribution in [2.24, 2.45) is 0 Å². The molecule has 1 aromatic heterocycles. The second-order valence-corrected chi connectivity index (χ2v) is 5.30. The fourth-order valence-corrected chi connectivity index (χ4v) is 3.19. The van der Waals surface area contributed by atoms with E-state index < -0.39 is 0 Å². The standard InChI is InChI=1S/C16H15NS/c1-17-14-6-4-5-12(10-14)9-13-11-18-16-8-3-2-7-15(13)16/h2-8,10-11,17H,9H2,1H3. The first kappa shape index (κ1) is 11.3. The van der Waals surface area contributed by atoms with Gasteiger partial charge in [-0.05, 0) is 46.5 Å². The Morgan fingerprint density at radius 3 is 2.83 bits per heavy atom. The number of benzene rings is 2. The van der Waals surface area contributed by atoms with Gasteiger partial charge in [-0.1, -0.05) is 30.3 Å². The highest BCUT2D eigenvalue weighted by molar-refractivity contribution is 7.17. The van der Waals surface area contributed by atoms with Crippen molar-refractivity contribution in [3.05, 3.63) is 65.0 Å². The summed E-state index contributed by atoms with van der Waals surface area (Å²) < 4.78 is 1.37. The van der Waals surface area contributed by atoms with E-state index in [4.69, 9.17) is 0 Å². The maximum absolute atomic E-state index is 3.19. The number of nitrogens with one attached hydrogen (secondary N) is 1. The van der Waals surface area contributed by atoms with Gasteiger partial charge in [-0.3, -0.25) is 0 Å². The van der Waals surface area contributed by atoms with Crippen LogP contribution in [0.25, 0.3) is 10.1 Å². The molecule has 0 saturated heterocycles. The van der Waals surface area contributed by atoms with Gasteiger partial charge >= 0.3 is 0 Å². The van der Waals surface area contributed by atoms with E-state index in [2.05, 4.69) is 59.2 Å². The van der Waals surface area contributed by atoms with Gasteiger partial charge in [-0.15, -0.1) is 11.3 Å². The molecule has 0 saturated carbocycles. The molecule has 18 heavy (non-hydrogen) atoms. The van der Waals surface area contributed by atoms with Crippen LogP contribution >= 0.6 is 11.3 Å². The molecular formula is C16H15NS. The minimum Gasteiger partial charge on any atom is -0.388 e. The van der Waals surface area contributed by atoms with E-state index in [0.717, 1.165) is 6.42 Å². The number of anilines is 1. The number of fused-ring (bicyclic) bond motifs is 1. The minimum atomic E-state index is 1.000. The Morgan fingerprint density at radius 1 is 1.06 bits per heavy atom. The molecule has 0 atom stereocenters. The first-order valence-corrected chi connectivity index (χ1v) is 6.96. The maximum atomic E-state index is 3.19. The monoisotopic (exact) mass is 253 g/mol. The zero-order chi connectivity index (χ0) is 12.4. The van der Waals surface area contributed by atoms with Gasteiger partial charge in [0.05, 0.1) is 0 Å². The molecule has 2 aromatic carbocycles. The minimum absolute atomic E-state index is 1.000. The van der Waals surface area contributed by atoms with Gasteiger partial charge in [0, 0.05) is 17.4 Å². The highest BCUT2D eigenvalue weighted by Crippen LogP contribution is 2.27. The van der Waals surface area contributed by atoms with Crippen molar-refractivity contribution in [1.82, 2.24) is 0 Å². The summed E-state index contributed by atoms with van der Waals surface area (Å²) in [5.74, 6) is 0. The average molecular weight is 253 g/mol. The Hall–Kier alpha value is -1.80. The van der Waals surface area contributed by atoms with Crippen LogP contribution in [0, 0.1) is 0 Å². The fourth-order valence-electron chi connectivity index (χ4n) is 2.23. The quantitative estimate of drug-likeness (QED) is 0.723. The second-order valence-electron chi connectivity index (χ2n) is 4.38. The predicted octanol–water partition coefficient (Wildman–Crippen LogP) is 4.53. The Kier molecular flexibility index (Phi) is 3.03. The third-order valence-electron chi connectivity index (χ3n) is 3.17. The lowest BCUT2D eigenvalue weighted by Gasteiger charge is -2.04. The zero-order valence-electron chi connectivity index (χ0n) is 10.3. The molecule has 1 N–H and O–H groups in total. The zero-order valence-corrected chi connectivity index (χ0v) is 11.1. The Bertz CT molecular complexity index is 669. The van der Waals surface area contributed by atoms with Gasteiger partial charge in [-0.2, -0.15) is 0 Å². The fraction of sp³-hybridized carbons (Fsp3) is 0.125. The smallest absolute Gasteiger partial charge is 0.0345 e. The largest absolute Gasteiger partial charge is 0.388 e. The van der Waals surface area contributed by atoms with Crippen molar-refractivity contribution >= 4 is 27.1 Å². The van der Waals surface area contributed by atoms with Crippen molar-refractivity contribution < 1.29 is 0 Å². The Balaban J connectivity index is 1.96. The lowest BCUT2D eigenvalue weighted by molar-refractivity contribution is 1.22. The SMILES string of the molecule is CNc1cccc(Cc2csc3ccccc23)c1. The van der Waals surface area contributed by atoms with E-state index in [0.29, 0.717) is 0 Å². The molecule has 1 heterocycles. The molecule has 0 aliphatic heterocycles. The van der Waals surface area contributed by atoms with Gasteiger partial charge < -0.3 is 5.32 Å². The average Bonchev–Trinajstić information content (AvgIpc) is 2.83. The highest BCUT2D eigenvalue weighted by Gasteiger charge is 2.04. The summed E-state index contributed by atoms with van der Waals surface area (Å²) in [6.07, 6.45) is 1.000. The molecule has 90 valence electrons. The van der Waals surface area contributed by atoms with E-state index in [1.54, 1.807) is 0 Å². The molecule has 1 nitrogen and oxygen atoms in total. The van der Waals surface area contributed by atoms with E-state index >= 15 is 0 Å². The van der Waals surface area contributed by atoms with Crippen molar-refractivity contribution in [2.75, 3.05) is 12.4 Å². The summed E-state index contributed by atoms with van der Waals surface area (Å²) in [6, 6.07) is 17.2. The van der Waals surface area contributed by atoms with Gasteiger partial charge in [0.1, 0.15) is 0 Å². The molecular weight excluding hydrogens is 238 g/mol. The summed E-state index contributed by atoms with van der Waals surface area (Å²) in [5.41, 5.74) is 3.95. The molecule has 0 radical (unpaired) electrons. The number of rotatable bonds is 3. The van der Waals surface area contributed by atoms with Gasteiger partial charge in [0.15, 0.2) is 0 Å². The van der Waals surface area contributed by atoms with Crippen LogP contribution in [0.5, 0.6) is 0 Å². The van der Waals surface area contributed by atoms with E-state index in [9.17, 15) is 0 Å². The third kappa shape index (κ3) is 2.12. The van der Waals surface area contributed by atoms with E-state index in [1.165, 1.54) is 26.9 Å². The summed E-state index contributed by atoms with van der Waals surface area (Å²) in [4.78, 5) is 0. The summed E-state index contributed by atoms with van der Waals surface area (Å²) in [6.45, 7) is 0. The van der Waals surface area contributed by atoms with Crippen molar-refractivity contribution in [3.63, 3.8) is 0 Å². The summed E-state index contributed by atoms with van der Waals surface area (Å²) in [7, 11) is 1.96. The molecule has 0 amide bonds. The van der Waals surface area contributed by atoms with Crippen LogP contribution in [-0.2, 0) is 6.42 Å². The molecule has 0 aliphatic carbocycles. The van der Waals surface area contributed by atoms with E-state index in [1.807, 2.05) is 18.4 Å². The van der Waals surface area contributed by atoms with Crippen molar-refractivity contribution in [3.8, 4) is 0 Å². The lowest BCUT2D eigenvalue weighted by Crippen LogP contribution is -1.91. The predicted molar refractivity (Wildman–Crippen MR) is 80.6 cm³/mol. The van der Waals surface area contributed by atoms with Crippen LogP contribution in [0.15, 0.2) is 53.9 Å². The van der Waals surface area contributed by atoms with Crippen LogP contribution in [0.1, 0.15) is 11.1 Å². The first-order valence-electron chi connectivity index (χ1n) is 6.08. The van der Waals surface area contributed by atoms with E-state index in [-0.39, 0.29) is 0 Å². The van der Waals surface area contributed by atoms with Crippen LogP contribution in [-0.4, -0.2) is 7.05 Å². The molecule has 2 heteroatoms. The maximum Gasteiger partial charge on any atom is 0.0345 e. The van der Waals surface area contributed by atoms with Crippen molar-refractivity contribution in [1.29, 1.82) is 0 Å². The Morgan fingerprint density at radius 2 is 1.94 bits per heavy atom. The summed E-state index contributed by atoms with van der Waals surface area (Å²) >= 11 is 1.83. The molecule has 0 unspecified atom stereocenters. The first-order chi connectivity index (χ1) is 8.86. The Labute approximate surface area is 111 Å². The molecule has 0 bridgehead atoms. The molecule has 3 rings (SSSR count). The number of hydrogen-bond donors (Lipinski definition) is 1. The van der Waals surface area contributed by atoms with Gasteiger partial charge in [0.25, 0.3) is 0 Å². The van der Waals surface area contributed by atoms with Crippen LogP contribution in [0.3, 0.4) is 0 Å². The molecule has 3 aromatic rings. The number of thiophene rings is 1. The van der Waals surface area contributed by atoms with Crippen LogP contribution in [0.4, 0.5) is 5.69 Å². The normalized spacial score (nSPS) is 10.7.